The van der Waals surface area contributed by atoms with Gasteiger partial charge in [0.1, 0.15) is 12.0 Å². The molecule has 2 aromatic heterocycles. The highest BCUT2D eigenvalue weighted by Crippen LogP contribution is 2.34. The van der Waals surface area contributed by atoms with Gasteiger partial charge in [-0.05, 0) is 25.1 Å². The lowest BCUT2D eigenvalue weighted by Gasteiger charge is -2.08. The minimum atomic E-state index is -0.475. The summed E-state index contributed by atoms with van der Waals surface area (Å²) in [6.07, 6.45) is 2.43. The van der Waals surface area contributed by atoms with Crippen LogP contribution in [0.1, 0.15) is 19.0 Å². The second-order valence-corrected chi connectivity index (χ2v) is 5.25. The number of nitro groups is 1. The van der Waals surface area contributed by atoms with Crippen LogP contribution in [0.2, 0.25) is 0 Å². The van der Waals surface area contributed by atoms with Gasteiger partial charge in [0.25, 0.3) is 0 Å². The van der Waals surface area contributed by atoms with Crippen molar-refractivity contribution in [1.82, 2.24) is 24.7 Å². The monoisotopic (exact) mass is 309 g/mol. The Morgan fingerprint density at radius 2 is 2.24 bits per heavy atom. The predicted molar refractivity (Wildman–Crippen MR) is 77.3 cm³/mol. The fraction of sp³-hybridized carbons (Fsp3) is 0.455. The summed E-state index contributed by atoms with van der Waals surface area (Å²) in [6.45, 7) is 4.31. The van der Waals surface area contributed by atoms with Crippen LogP contribution in [0.15, 0.2) is 16.5 Å². The Hall–Kier alpha value is -2.23. The summed E-state index contributed by atoms with van der Waals surface area (Å²) in [5, 5.41) is 22.7. The maximum absolute atomic E-state index is 11.2. The Balaban J connectivity index is 2.42. The SMILES string of the molecule is CCCNc1nc(C)c([N+](=O)[O-])c(Sc2nncn2C)n1. The highest BCUT2D eigenvalue weighted by Gasteiger charge is 2.24. The Bertz CT molecular complexity index is 658. The zero-order chi connectivity index (χ0) is 15.4. The number of nitrogens with zero attached hydrogens (tertiary/aromatic N) is 6. The van der Waals surface area contributed by atoms with Gasteiger partial charge in [-0.1, -0.05) is 6.92 Å². The predicted octanol–water partition coefficient (Wildman–Crippen LogP) is 1.79. The lowest BCUT2D eigenvalue weighted by Crippen LogP contribution is -2.08. The van der Waals surface area contributed by atoms with E-state index in [1.165, 1.54) is 6.33 Å². The topological polar surface area (TPSA) is 112 Å². The van der Waals surface area contributed by atoms with Crippen molar-refractivity contribution in [2.75, 3.05) is 11.9 Å². The fourth-order valence-electron chi connectivity index (χ4n) is 1.59. The molecule has 0 aliphatic heterocycles. The molecule has 0 fully saturated rings. The van der Waals surface area contributed by atoms with E-state index in [0.717, 1.165) is 18.2 Å². The third-order valence-corrected chi connectivity index (χ3v) is 3.63. The standard InChI is InChI=1S/C11H15N7O2S/c1-4-5-12-10-14-7(2)8(18(19)20)9(15-10)21-11-16-13-6-17(11)3/h6H,4-5H2,1-3H3,(H,12,14,15). The minimum Gasteiger partial charge on any atom is -0.354 e. The Labute approximate surface area is 125 Å². The average molecular weight is 309 g/mol. The van der Waals surface area contributed by atoms with Crippen LogP contribution in [0, 0.1) is 17.0 Å². The van der Waals surface area contributed by atoms with Gasteiger partial charge in [-0.3, -0.25) is 10.1 Å². The molecule has 0 spiro atoms. The largest absolute Gasteiger partial charge is 0.354 e. The van der Waals surface area contributed by atoms with Crippen molar-refractivity contribution in [2.24, 2.45) is 7.05 Å². The third kappa shape index (κ3) is 3.45. The fourth-order valence-corrected chi connectivity index (χ4v) is 2.49. The highest BCUT2D eigenvalue weighted by atomic mass is 32.2. The number of hydrogen-bond donors (Lipinski definition) is 1. The second-order valence-electron chi connectivity index (χ2n) is 4.30. The summed E-state index contributed by atoms with van der Waals surface area (Å²) in [5.41, 5.74) is 0.211. The number of aromatic nitrogens is 5. The molecule has 0 saturated carbocycles. The van der Waals surface area contributed by atoms with E-state index in [0.29, 0.717) is 23.3 Å². The van der Waals surface area contributed by atoms with Gasteiger partial charge >= 0.3 is 5.69 Å². The summed E-state index contributed by atoms with van der Waals surface area (Å²) < 4.78 is 1.67. The van der Waals surface area contributed by atoms with E-state index in [4.69, 9.17) is 0 Å². The minimum absolute atomic E-state index is 0.106. The van der Waals surface area contributed by atoms with Gasteiger partial charge in [-0.15, -0.1) is 10.2 Å². The summed E-state index contributed by atoms with van der Waals surface area (Å²) in [6, 6.07) is 0. The zero-order valence-corrected chi connectivity index (χ0v) is 12.7. The molecule has 0 amide bonds. The van der Waals surface area contributed by atoms with E-state index in [-0.39, 0.29) is 10.7 Å². The maximum Gasteiger partial charge on any atom is 0.322 e. The van der Waals surface area contributed by atoms with E-state index in [2.05, 4.69) is 25.5 Å². The summed E-state index contributed by atoms with van der Waals surface area (Å²) in [5.74, 6) is 0.379. The van der Waals surface area contributed by atoms with Crippen LogP contribution < -0.4 is 5.32 Å². The van der Waals surface area contributed by atoms with E-state index in [1.54, 1.807) is 18.5 Å². The Morgan fingerprint density at radius 3 is 2.81 bits per heavy atom. The van der Waals surface area contributed by atoms with Crippen LogP contribution in [0.3, 0.4) is 0 Å². The molecule has 0 unspecified atom stereocenters. The molecule has 1 N–H and O–H groups in total. The number of hydrogen-bond acceptors (Lipinski definition) is 8. The van der Waals surface area contributed by atoms with Crippen LogP contribution in [0.5, 0.6) is 0 Å². The molecular formula is C11H15N7O2S. The van der Waals surface area contributed by atoms with Gasteiger partial charge in [0.2, 0.25) is 5.95 Å². The van der Waals surface area contributed by atoms with Gasteiger partial charge in [-0.2, -0.15) is 4.98 Å². The molecule has 0 radical (unpaired) electrons. The molecule has 0 bridgehead atoms. The van der Waals surface area contributed by atoms with E-state index in [9.17, 15) is 10.1 Å². The quantitative estimate of drug-likeness (QED) is 0.488. The maximum atomic E-state index is 11.2. The Morgan fingerprint density at radius 1 is 1.48 bits per heavy atom. The smallest absolute Gasteiger partial charge is 0.322 e. The molecule has 0 aromatic carbocycles. The molecule has 21 heavy (non-hydrogen) atoms. The summed E-state index contributed by atoms with van der Waals surface area (Å²) in [4.78, 5) is 19.1. The van der Waals surface area contributed by atoms with Crippen molar-refractivity contribution in [3.05, 3.63) is 22.1 Å². The van der Waals surface area contributed by atoms with Crippen molar-refractivity contribution in [3.63, 3.8) is 0 Å². The van der Waals surface area contributed by atoms with Gasteiger partial charge in [0, 0.05) is 13.6 Å². The van der Waals surface area contributed by atoms with Crippen molar-refractivity contribution < 1.29 is 4.92 Å². The van der Waals surface area contributed by atoms with Crippen molar-refractivity contribution in [1.29, 1.82) is 0 Å². The molecule has 9 nitrogen and oxygen atoms in total. The lowest BCUT2D eigenvalue weighted by molar-refractivity contribution is -0.389. The molecule has 112 valence electrons. The van der Waals surface area contributed by atoms with Crippen molar-refractivity contribution in [2.45, 2.75) is 30.5 Å². The first-order valence-electron chi connectivity index (χ1n) is 6.31. The first-order chi connectivity index (χ1) is 10.0. The molecule has 0 atom stereocenters. The molecule has 0 aliphatic carbocycles. The molecule has 10 heteroatoms. The lowest BCUT2D eigenvalue weighted by atomic mass is 10.4. The van der Waals surface area contributed by atoms with E-state index < -0.39 is 4.92 Å². The summed E-state index contributed by atoms with van der Waals surface area (Å²) in [7, 11) is 1.76. The third-order valence-electron chi connectivity index (χ3n) is 2.60. The van der Waals surface area contributed by atoms with Gasteiger partial charge in [0.15, 0.2) is 10.2 Å². The van der Waals surface area contributed by atoms with Gasteiger partial charge in [-0.25, -0.2) is 4.98 Å². The molecule has 2 rings (SSSR count). The number of nitrogens with one attached hydrogen (secondary N) is 1. The van der Waals surface area contributed by atoms with Crippen LogP contribution in [0.4, 0.5) is 11.6 Å². The average Bonchev–Trinajstić information content (AvgIpc) is 2.81. The first-order valence-corrected chi connectivity index (χ1v) is 7.13. The Kier molecular flexibility index (Phi) is 4.68. The number of anilines is 1. The highest BCUT2D eigenvalue weighted by molar-refractivity contribution is 7.99. The van der Waals surface area contributed by atoms with Crippen LogP contribution in [-0.4, -0.2) is 36.2 Å². The van der Waals surface area contributed by atoms with Crippen LogP contribution in [0.25, 0.3) is 0 Å². The number of aryl methyl sites for hydroxylation is 2. The normalized spacial score (nSPS) is 10.6. The number of rotatable bonds is 6. The van der Waals surface area contributed by atoms with Crippen molar-refractivity contribution in [3.8, 4) is 0 Å². The zero-order valence-electron chi connectivity index (χ0n) is 11.9. The van der Waals surface area contributed by atoms with Crippen LogP contribution >= 0.6 is 11.8 Å². The summed E-state index contributed by atoms with van der Waals surface area (Å²) >= 11 is 1.09. The second kappa shape index (κ2) is 6.48. The van der Waals surface area contributed by atoms with Crippen LogP contribution in [-0.2, 0) is 7.05 Å². The van der Waals surface area contributed by atoms with E-state index in [1.807, 2.05) is 6.92 Å². The first kappa shape index (κ1) is 15.2. The van der Waals surface area contributed by atoms with Crippen molar-refractivity contribution >= 4 is 23.4 Å². The molecule has 2 aromatic rings. The van der Waals surface area contributed by atoms with Gasteiger partial charge in [0.05, 0.1) is 4.92 Å². The molecule has 0 aliphatic rings. The molecule has 0 saturated heterocycles. The molecule has 2 heterocycles. The molecular weight excluding hydrogens is 294 g/mol. The van der Waals surface area contributed by atoms with E-state index >= 15 is 0 Å². The van der Waals surface area contributed by atoms with Gasteiger partial charge < -0.3 is 9.88 Å².